The highest BCUT2D eigenvalue weighted by molar-refractivity contribution is 6.02. The van der Waals surface area contributed by atoms with Crippen molar-refractivity contribution in [3.05, 3.63) is 42.4 Å². The number of carbonyl (C=O) groups excluding carboxylic acids is 2. The van der Waals surface area contributed by atoms with Crippen molar-refractivity contribution in [1.82, 2.24) is 20.3 Å². The summed E-state index contributed by atoms with van der Waals surface area (Å²) in [6.07, 6.45) is 5.09. The van der Waals surface area contributed by atoms with Crippen molar-refractivity contribution in [3.8, 4) is 11.3 Å². The van der Waals surface area contributed by atoms with E-state index >= 15 is 0 Å². The van der Waals surface area contributed by atoms with Crippen molar-refractivity contribution in [1.29, 1.82) is 0 Å². The molecule has 1 aliphatic heterocycles. The number of anilines is 2. The molecule has 8 heteroatoms. The minimum absolute atomic E-state index is 0.0352. The molecule has 0 bridgehead atoms. The van der Waals surface area contributed by atoms with Gasteiger partial charge in [-0.15, -0.1) is 0 Å². The first-order valence-electron chi connectivity index (χ1n) is 9.09. The standard InChI is InChI=1S/C20H18N6O2/c1-9-2-3-22-6-11(9)14-4-10-5-15(23-7-12(10)18(21)25-14)26-20(28)17-13-8-24-19(27)16(13)17/h2-7,13,16-17H,8H2,1H3,(H2,21,25)(H,24,27)(H,23,26,28)/t13-,16+,17+/m0/s1. The summed E-state index contributed by atoms with van der Waals surface area (Å²) in [6, 6.07) is 5.60. The lowest BCUT2D eigenvalue weighted by atomic mass is 10.1. The van der Waals surface area contributed by atoms with Gasteiger partial charge in [-0.3, -0.25) is 14.6 Å². The van der Waals surface area contributed by atoms with Crippen LogP contribution in [0, 0.1) is 24.7 Å². The van der Waals surface area contributed by atoms with E-state index in [1.807, 2.05) is 19.1 Å². The topological polar surface area (TPSA) is 123 Å². The molecule has 140 valence electrons. The number of hydrogen-bond donors (Lipinski definition) is 3. The molecule has 4 heterocycles. The molecule has 0 unspecified atom stereocenters. The summed E-state index contributed by atoms with van der Waals surface area (Å²) in [5, 5.41) is 7.13. The minimum atomic E-state index is -0.262. The van der Waals surface area contributed by atoms with Crippen LogP contribution in [-0.2, 0) is 9.59 Å². The van der Waals surface area contributed by atoms with E-state index in [2.05, 4.69) is 25.6 Å². The van der Waals surface area contributed by atoms with Crippen molar-refractivity contribution >= 4 is 34.2 Å². The highest BCUT2D eigenvalue weighted by Crippen LogP contribution is 2.49. The van der Waals surface area contributed by atoms with E-state index in [1.54, 1.807) is 24.7 Å². The quantitative estimate of drug-likeness (QED) is 0.639. The van der Waals surface area contributed by atoms with Gasteiger partial charge in [-0.2, -0.15) is 0 Å². The van der Waals surface area contributed by atoms with Crippen LogP contribution >= 0.6 is 0 Å². The molecule has 3 atom stereocenters. The molecule has 28 heavy (non-hydrogen) atoms. The number of nitrogens with zero attached hydrogens (tertiary/aromatic N) is 3. The first-order chi connectivity index (χ1) is 13.5. The number of carbonyl (C=O) groups is 2. The maximum atomic E-state index is 12.5. The minimum Gasteiger partial charge on any atom is -0.383 e. The monoisotopic (exact) mass is 374 g/mol. The number of fused-ring (bicyclic) bond motifs is 2. The second-order valence-electron chi connectivity index (χ2n) is 7.32. The van der Waals surface area contributed by atoms with E-state index in [-0.39, 0.29) is 29.6 Å². The predicted molar refractivity (Wildman–Crippen MR) is 104 cm³/mol. The number of amides is 2. The Hall–Kier alpha value is -3.55. The van der Waals surface area contributed by atoms with Gasteiger partial charge in [-0.25, -0.2) is 9.97 Å². The van der Waals surface area contributed by atoms with E-state index in [0.717, 1.165) is 16.5 Å². The Morgan fingerprint density at radius 1 is 1.32 bits per heavy atom. The van der Waals surface area contributed by atoms with Crippen molar-refractivity contribution in [3.63, 3.8) is 0 Å². The van der Waals surface area contributed by atoms with E-state index in [4.69, 9.17) is 5.73 Å². The fraction of sp³-hybridized carbons (Fsp3) is 0.250. The largest absolute Gasteiger partial charge is 0.383 e. The van der Waals surface area contributed by atoms with E-state index < -0.39 is 0 Å². The molecule has 0 aromatic carbocycles. The third kappa shape index (κ3) is 2.57. The number of aryl methyl sites for hydroxylation is 1. The van der Waals surface area contributed by atoms with Gasteiger partial charge in [0.1, 0.15) is 11.6 Å². The Morgan fingerprint density at radius 3 is 2.93 bits per heavy atom. The zero-order chi connectivity index (χ0) is 19.4. The first kappa shape index (κ1) is 16.6. The molecule has 2 amide bonds. The van der Waals surface area contributed by atoms with Gasteiger partial charge in [0.25, 0.3) is 0 Å². The van der Waals surface area contributed by atoms with Crippen molar-refractivity contribution < 1.29 is 9.59 Å². The smallest absolute Gasteiger partial charge is 0.229 e. The van der Waals surface area contributed by atoms with Crippen LogP contribution in [0.15, 0.2) is 36.8 Å². The maximum Gasteiger partial charge on any atom is 0.229 e. The number of piperidine rings is 1. The highest BCUT2D eigenvalue weighted by Gasteiger charge is 2.62. The zero-order valence-corrected chi connectivity index (χ0v) is 15.1. The maximum absolute atomic E-state index is 12.5. The van der Waals surface area contributed by atoms with Gasteiger partial charge in [0.15, 0.2) is 0 Å². The Bertz CT molecular complexity index is 1140. The van der Waals surface area contributed by atoms with Crippen molar-refractivity contribution in [2.24, 2.45) is 17.8 Å². The second kappa shape index (κ2) is 5.98. The third-order valence-electron chi connectivity index (χ3n) is 5.60. The van der Waals surface area contributed by atoms with Crippen LogP contribution in [0.1, 0.15) is 5.56 Å². The number of pyridine rings is 3. The lowest BCUT2D eigenvalue weighted by Gasteiger charge is -2.10. The predicted octanol–water partition coefficient (Wildman–Crippen LogP) is 1.51. The van der Waals surface area contributed by atoms with Gasteiger partial charge in [0.2, 0.25) is 11.8 Å². The highest BCUT2D eigenvalue weighted by atomic mass is 16.2. The molecule has 0 spiro atoms. The van der Waals surface area contributed by atoms with Crippen LogP contribution in [0.25, 0.3) is 22.0 Å². The van der Waals surface area contributed by atoms with Crippen molar-refractivity contribution in [2.75, 3.05) is 17.6 Å². The van der Waals surface area contributed by atoms with Gasteiger partial charge in [-0.05, 0) is 36.1 Å². The fourth-order valence-electron chi connectivity index (χ4n) is 4.00. The molecule has 4 N–H and O–H groups in total. The normalized spacial score (nSPS) is 22.6. The number of hydrogen-bond acceptors (Lipinski definition) is 6. The number of nitrogens with two attached hydrogens (primary N) is 1. The Balaban J connectivity index is 1.46. The van der Waals surface area contributed by atoms with Crippen LogP contribution < -0.4 is 16.4 Å². The average Bonchev–Trinajstić information content (AvgIpc) is 3.30. The Kier molecular flexibility index (Phi) is 3.55. The molecule has 2 aliphatic rings. The SMILES string of the molecule is Cc1ccncc1-c1cc2cc(NC(=O)[C@@H]3[C@H]4CNC(=O)[C@H]43)ncc2c(N)n1. The lowest BCUT2D eigenvalue weighted by molar-refractivity contribution is -0.124. The third-order valence-corrected chi connectivity index (χ3v) is 5.60. The first-order valence-corrected chi connectivity index (χ1v) is 9.09. The van der Waals surface area contributed by atoms with Gasteiger partial charge >= 0.3 is 0 Å². The van der Waals surface area contributed by atoms with E-state index in [0.29, 0.717) is 29.3 Å². The molecule has 1 saturated carbocycles. The number of aromatic nitrogens is 3. The Morgan fingerprint density at radius 2 is 2.18 bits per heavy atom. The summed E-state index contributed by atoms with van der Waals surface area (Å²) in [5.41, 5.74) is 8.79. The molecule has 5 rings (SSSR count). The molecular formula is C20H18N6O2. The summed E-state index contributed by atoms with van der Waals surface area (Å²) in [6.45, 7) is 2.56. The molecule has 2 fully saturated rings. The lowest BCUT2D eigenvalue weighted by Crippen LogP contribution is -2.27. The van der Waals surface area contributed by atoms with Crippen LogP contribution in [0.2, 0.25) is 0 Å². The number of rotatable bonds is 3. The van der Waals surface area contributed by atoms with Gasteiger partial charge in [0.05, 0.1) is 17.5 Å². The van der Waals surface area contributed by atoms with E-state index in [1.165, 1.54) is 0 Å². The van der Waals surface area contributed by atoms with E-state index in [9.17, 15) is 9.59 Å². The summed E-state index contributed by atoms with van der Waals surface area (Å²) < 4.78 is 0. The van der Waals surface area contributed by atoms with Gasteiger partial charge < -0.3 is 16.4 Å². The fourth-order valence-corrected chi connectivity index (χ4v) is 4.00. The molecule has 3 aromatic heterocycles. The summed E-state index contributed by atoms with van der Waals surface area (Å²) in [7, 11) is 0. The Labute approximate surface area is 160 Å². The van der Waals surface area contributed by atoms with Crippen LogP contribution in [-0.4, -0.2) is 33.3 Å². The van der Waals surface area contributed by atoms with Crippen LogP contribution in [0.3, 0.4) is 0 Å². The van der Waals surface area contributed by atoms with Crippen LogP contribution in [0.5, 0.6) is 0 Å². The summed E-state index contributed by atoms with van der Waals surface area (Å²) >= 11 is 0. The van der Waals surface area contributed by atoms with Gasteiger partial charge in [0, 0.05) is 42.0 Å². The molecule has 8 nitrogen and oxygen atoms in total. The van der Waals surface area contributed by atoms with Gasteiger partial charge in [-0.1, -0.05) is 0 Å². The number of nitrogens with one attached hydrogen (secondary N) is 2. The molecule has 3 aromatic rings. The average molecular weight is 374 g/mol. The molecule has 1 aliphatic carbocycles. The van der Waals surface area contributed by atoms with Crippen LogP contribution in [0.4, 0.5) is 11.6 Å². The summed E-state index contributed by atoms with van der Waals surface area (Å²) in [4.78, 5) is 37.1. The molecule has 1 saturated heterocycles. The molecule has 0 radical (unpaired) electrons. The summed E-state index contributed by atoms with van der Waals surface area (Å²) in [5.74, 6) is 0.252. The number of nitrogen functional groups attached to an aromatic ring is 1. The zero-order valence-electron chi connectivity index (χ0n) is 15.1. The van der Waals surface area contributed by atoms with Crippen molar-refractivity contribution in [2.45, 2.75) is 6.92 Å². The molecular weight excluding hydrogens is 356 g/mol. The second-order valence-corrected chi connectivity index (χ2v) is 7.32.